The maximum atomic E-state index is 11.2. The Kier molecular flexibility index (Phi) is 3.20. The van der Waals surface area contributed by atoms with E-state index in [1.807, 2.05) is 6.92 Å². The van der Waals surface area contributed by atoms with Crippen LogP contribution in [0.3, 0.4) is 0 Å². The van der Waals surface area contributed by atoms with Crippen LogP contribution >= 0.6 is 15.9 Å². The fourth-order valence-electron chi connectivity index (χ4n) is 1.46. The van der Waals surface area contributed by atoms with Crippen molar-refractivity contribution in [2.24, 2.45) is 0 Å². The summed E-state index contributed by atoms with van der Waals surface area (Å²) in [7, 11) is -2.81. The first kappa shape index (κ1) is 11.2. The van der Waals surface area contributed by atoms with Crippen LogP contribution in [0.25, 0.3) is 0 Å². The van der Waals surface area contributed by atoms with Gasteiger partial charge in [0, 0.05) is 16.6 Å². The van der Waals surface area contributed by atoms with Crippen molar-refractivity contribution < 1.29 is 8.42 Å². The third-order valence-corrected chi connectivity index (χ3v) is 4.39. The normalized spacial score (nSPS) is 31.8. The Morgan fingerprint density at radius 3 is 2.69 bits per heavy atom. The molecule has 1 rings (SSSR count). The standard InChI is InChI=1S/C8H14BrNO2S/c1-7(9)5-10-8(2)3-4-13(11,12)6-8/h10H,1,3-6H2,2H3. The molecule has 0 radical (unpaired) electrons. The van der Waals surface area contributed by atoms with Crippen molar-refractivity contribution in [2.75, 3.05) is 18.1 Å². The molecule has 0 aromatic carbocycles. The lowest BCUT2D eigenvalue weighted by molar-refractivity contribution is 0.417. The van der Waals surface area contributed by atoms with Crippen LogP contribution in [0.4, 0.5) is 0 Å². The van der Waals surface area contributed by atoms with Crippen molar-refractivity contribution >= 4 is 25.8 Å². The van der Waals surface area contributed by atoms with Crippen molar-refractivity contribution in [3.8, 4) is 0 Å². The first-order chi connectivity index (χ1) is 5.83. The zero-order chi connectivity index (χ0) is 10.1. The van der Waals surface area contributed by atoms with Crippen LogP contribution in [0, 0.1) is 0 Å². The molecule has 76 valence electrons. The summed E-state index contributed by atoms with van der Waals surface area (Å²) in [6, 6.07) is 0. The van der Waals surface area contributed by atoms with Gasteiger partial charge in [0.1, 0.15) is 0 Å². The van der Waals surface area contributed by atoms with Crippen molar-refractivity contribution in [1.29, 1.82) is 0 Å². The summed E-state index contributed by atoms with van der Waals surface area (Å²) < 4.78 is 23.3. The Morgan fingerprint density at radius 2 is 2.31 bits per heavy atom. The van der Waals surface area contributed by atoms with Gasteiger partial charge in [0.25, 0.3) is 0 Å². The van der Waals surface area contributed by atoms with Crippen LogP contribution in [0.15, 0.2) is 11.1 Å². The van der Waals surface area contributed by atoms with Crippen LogP contribution in [0.5, 0.6) is 0 Å². The number of hydrogen-bond donors (Lipinski definition) is 1. The van der Waals surface area contributed by atoms with E-state index < -0.39 is 9.84 Å². The average Bonchev–Trinajstić information content (AvgIpc) is 2.23. The summed E-state index contributed by atoms with van der Waals surface area (Å²) in [6.45, 7) is 6.24. The Hall–Kier alpha value is 0.130. The predicted octanol–water partition coefficient (Wildman–Crippen LogP) is 1.06. The number of halogens is 1. The maximum Gasteiger partial charge on any atom is 0.152 e. The second-order valence-corrected chi connectivity index (χ2v) is 7.08. The van der Waals surface area contributed by atoms with Gasteiger partial charge < -0.3 is 5.32 Å². The van der Waals surface area contributed by atoms with Crippen molar-refractivity contribution in [3.05, 3.63) is 11.1 Å². The maximum absolute atomic E-state index is 11.2. The van der Waals surface area contributed by atoms with Crippen LogP contribution in [0.2, 0.25) is 0 Å². The van der Waals surface area contributed by atoms with Gasteiger partial charge in [-0.3, -0.25) is 0 Å². The minimum atomic E-state index is -2.81. The highest BCUT2D eigenvalue weighted by Crippen LogP contribution is 2.22. The monoisotopic (exact) mass is 267 g/mol. The summed E-state index contributed by atoms with van der Waals surface area (Å²) in [5.74, 6) is 0.533. The summed E-state index contributed by atoms with van der Waals surface area (Å²) in [6.07, 6.45) is 0.690. The Morgan fingerprint density at radius 1 is 1.69 bits per heavy atom. The van der Waals surface area contributed by atoms with Crippen LogP contribution in [-0.2, 0) is 9.84 Å². The van der Waals surface area contributed by atoms with Crippen molar-refractivity contribution in [2.45, 2.75) is 18.9 Å². The quantitative estimate of drug-likeness (QED) is 0.832. The highest BCUT2D eigenvalue weighted by molar-refractivity contribution is 9.11. The smallest absolute Gasteiger partial charge is 0.152 e. The van der Waals surface area contributed by atoms with Crippen LogP contribution in [0.1, 0.15) is 13.3 Å². The minimum absolute atomic E-state index is 0.236. The molecule has 1 N–H and O–H groups in total. The molecular formula is C8H14BrNO2S. The summed E-state index contributed by atoms with van der Waals surface area (Å²) >= 11 is 3.23. The second-order valence-electron chi connectivity index (χ2n) is 3.77. The van der Waals surface area contributed by atoms with Gasteiger partial charge in [-0.1, -0.05) is 22.5 Å². The average molecular weight is 268 g/mol. The lowest BCUT2D eigenvalue weighted by Gasteiger charge is -2.23. The molecule has 13 heavy (non-hydrogen) atoms. The predicted molar refractivity (Wildman–Crippen MR) is 57.7 cm³/mol. The summed E-state index contributed by atoms with van der Waals surface area (Å²) in [4.78, 5) is 0. The van der Waals surface area contributed by atoms with Gasteiger partial charge >= 0.3 is 0 Å². The molecule has 0 aromatic rings. The number of nitrogens with one attached hydrogen (secondary N) is 1. The largest absolute Gasteiger partial charge is 0.306 e. The molecule has 1 aliphatic rings. The molecule has 0 spiro atoms. The summed E-state index contributed by atoms with van der Waals surface area (Å²) in [5, 5.41) is 3.19. The van der Waals surface area contributed by atoms with Gasteiger partial charge in [-0.2, -0.15) is 0 Å². The van der Waals surface area contributed by atoms with Gasteiger partial charge in [0.2, 0.25) is 0 Å². The number of rotatable bonds is 3. The van der Waals surface area contributed by atoms with E-state index in [0.717, 1.165) is 4.48 Å². The molecular weight excluding hydrogens is 254 g/mol. The minimum Gasteiger partial charge on any atom is -0.306 e. The molecule has 3 nitrogen and oxygen atoms in total. The fourth-order valence-corrected chi connectivity index (χ4v) is 3.72. The van der Waals surface area contributed by atoms with Crippen LogP contribution in [-0.4, -0.2) is 32.0 Å². The van der Waals surface area contributed by atoms with E-state index >= 15 is 0 Å². The first-order valence-electron chi connectivity index (χ1n) is 4.12. The van der Waals surface area contributed by atoms with E-state index in [4.69, 9.17) is 0 Å². The molecule has 5 heteroatoms. The lowest BCUT2D eigenvalue weighted by atomic mass is 10.0. The lowest BCUT2D eigenvalue weighted by Crippen LogP contribution is -2.43. The molecule has 1 unspecified atom stereocenters. The second kappa shape index (κ2) is 3.71. The zero-order valence-corrected chi connectivity index (χ0v) is 10.0. The van der Waals surface area contributed by atoms with E-state index in [1.54, 1.807) is 0 Å². The highest BCUT2D eigenvalue weighted by Gasteiger charge is 2.37. The number of hydrogen-bond acceptors (Lipinski definition) is 3. The molecule has 1 fully saturated rings. The topological polar surface area (TPSA) is 46.2 Å². The van der Waals surface area contributed by atoms with Gasteiger partial charge in [-0.25, -0.2) is 8.42 Å². The SMILES string of the molecule is C=C(Br)CNC1(C)CCS(=O)(=O)C1. The van der Waals surface area contributed by atoms with E-state index in [2.05, 4.69) is 27.8 Å². The Labute approximate surface area is 87.6 Å². The molecule has 1 aliphatic heterocycles. The summed E-state index contributed by atoms with van der Waals surface area (Å²) in [5.41, 5.74) is -0.268. The molecule has 0 saturated carbocycles. The van der Waals surface area contributed by atoms with E-state index in [9.17, 15) is 8.42 Å². The molecule has 0 aliphatic carbocycles. The first-order valence-corrected chi connectivity index (χ1v) is 6.73. The van der Waals surface area contributed by atoms with Gasteiger partial charge in [0.15, 0.2) is 9.84 Å². The van der Waals surface area contributed by atoms with Crippen molar-refractivity contribution in [3.63, 3.8) is 0 Å². The van der Waals surface area contributed by atoms with E-state index in [0.29, 0.717) is 18.7 Å². The third kappa shape index (κ3) is 3.40. The number of sulfone groups is 1. The van der Waals surface area contributed by atoms with E-state index in [-0.39, 0.29) is 11.3 Å². The Balaban J connectivity index is 2.55. The van der Waals surface area contributed by atoms with Crippen LogP contribution < -0.4 is 5.32 Å². The molecule has 0 aromatic heterocycles. The highest BCUT2D eigenvalue weighted by atomic mass is 79.9. The molecule has 1 atom stereocenters. The van der Waals surface area contributed by atoms with Crippen molar-refractivity contribution in [1.82, 2.24) is 5.32 Å². The zero-order valence-electron chi connectivity index (χ0n) is 7.64. The Bertz CT molecular complexity index is 312. The molecule has 0 amide bonds. The molecule has 1 heterocycles. The third-order valence-electron chi connectivity index (χ3n) is 2.21. The van der Waals surface area contributed by atoms with Gasteiger partial charge in [-0.15, -0.1) is 0 Å². The molecule has 1 saturated heterocycles. The fraction of sp³-hybridized carbons (Fsp3) is 0.750. The van der Waals surface area contributed by atoms with Gasteiger partial charge in [0.05, 0.1) is 11.5 Å². The van der Waals surface area contributed by atoms with E-state index in [1.165, 1.54) is 0 Å². The molecule has 0 bridgehead atoms. The van der Waals surface area contributed by atoms with Gasteiger partial charge in [-0.05, 0) is 13.3 Å².